The van der Waals surface area contributed by atoms with Gasteiger partial charge in [0.05, 0.1) is 16.5 Å². The van der Waals surface area contributed by atoms with Crippen molar-refractivity contribution >= 4 is 56.2 Å². The zero-order chi connectivity index (χ0) is 23.7. The van der Waals surface area contributed by atoms with Crippen molar-refractivity contribution in [2.24, 2.45) is 0 Å². The average molecular weight is 487 g/mol. The number of rotatable bonds is 5. The van der Waals surface area contributed by atoms with Gasteiger partial charge in [0, 0.05) is 54.1 Å². The molecular formula is C23H23ClN4O4S. The van der Waals surface area contributed by atoms with Gasteiger partial charge in [-0.25, -0.2) is 0 Å². The number of fused-ring (bicyclic) bond motifs is 1. The maximum atomic E-state index is 13.1. The lowest BCUT2D eigenvalue weighted by molar-refractivity contribution is -0.384. The Hall–Kier alpha value is -3.01. The van der Waals surface area contributed by atoms with Gasteiger partial charge in [-0.15, -0.1) is 11.3 Å². The molecule has 0 radical (unpaired) electrons. The van der Waals surface area contributed by atoms with Crippen LogP contribution in [-0.4, -0.2) is 59.3 Å². The number of nitrogens with one attached hydrogen (secondary N) is 1. The van der Waals surface area contributed by atoms with E-state index in [1.807, 2.05) is 36.9 Å². The SMILES string of the molecule is Cc1cccc(C)c1NC(=O)CN1CCN(C(=O)c2sc3cc([N+](=O)[O-])ccc3c2Cl)CC1. The van der Waals surface area contributed by atoms with Gasteiger partial charge < -0.3 is 10.2 Å². The largest absolute Gasteiger partial charge is 0.335 e. The molecule has 0 atom stereocenters. The second-order valence-electron chi connectivity index (χ2n) is 8.07. The molecule has 2 heterocycles. The third-order valence-electron chi connectivity index (χ3n) is 5.79. The van der Waals surface area contributed by atoms with Gasteiger partial charge in [0.2, 0.25) is 5.91 Å². The zero-order valence-electron chi connectivity index (χ0n) is 18.3. The van der Waals surface area contributed by atoms with Crippen LogP contribution in [0.3, 0.4) is 0 Å². The second-order valence-corrected chi connectivity index (χ2v) is 9.50. The Morgan fingerprint density at radius 1 is 1.12 bits per heavy atom. The summed E-state index contributed by atoms with van der Waals surface area (Å²) in [5.41, 5.74) is 2.84. The number of non-ortho nitro benzene ring substituents is 1. The average Bonchev–Trinajstić information content (AvgIpc) is 3.12. The van der Waals surface area contributed by atoms with Gasteiger partial charge in [0.25, 0.3) is 11.6 Å². The molecule has 0 spiro atoms. The molecule has 1 aromatic heterocycles. The quantitative estimate of drug-likeness (QED) is 0.424. The summed E-state index contributed by atoms with van der Waals surface area (Å²) in [5, 5.41) is 15.0. The number of hydrogen-bond donors (Lipinski definition) is 1. The van der Waals surface area contributed by atoms with Gasteiger partial charge in [-0.2, -0.15) is 0 Å². The smallest absolute Gasteiger partial charge is 0.270 e. The molecule has 3 aromatic rings. The van der Waals surface area contributed by atoms with Crippen LogP contribution < -0.4 is 5.32 Å². The number of piperazine rings is 1. The van der Waals surface area contributed by atoms with E-state index in [0.29, 0.717) is 46.2 Å². The molecule has 33 heavy (non-hydrogen) atoms. The van der Waals surface area contributed by atoms with Crippen molar-refractivity contribution in [3.8, 4) is 0 Å². The number of nitrogens with zero attached hydrogens (tertiary/aromatic N) is 3. The van der Waals surface area contributed by atoms with Crippen molar-refractivity contribution in [2.45, 2.75) is 13.8 Å². The number of nitro groups is 1. The number of amides is 2. The lowest BCUT2D eigenvalue weighted by atomic mass is 10.1. The van der Waals surface area contributed by atoms with Crippen LogP contribution in [0.2, 0.25) is 5.02 Å². The third kappa shape index (κ3) is 4.85. The van der Waals surface area contributed by atoms with E-state index in [1.165, 1.54) is 23.5 Å². The molecule has 0 bridgehead atoms. The van der Waals surface area contributed by atoms with Crippen molar-refractivity contribution in [2.75, 3.05) is 38.0 Å². The van der Waals surface area contributed by atoms with Crippen LogP contribution >= 0.6 is 22.9 Å². The van der Waals surface area contributed by atoms with Gasteiger partial charge in [0.15, 0.2) is 0 Å². The minimum atomic E-state index is -0.468. The topological polar surface area (TPSA) is 95.8 Å². The van der Waals surface area contributed by atoms with Crippen LogP contribution in [0, 0.1) is 24.0 Å². The first kappa shape index (κ1) is 23.2. The Morgan fingerprint density at radius 3 is 2.42 bits per heavy atom. The van der Waals surface area contributed by atoms with Gasteiger partial charge in [-0.1, -0.05) is 29.8 Å². The van der Waals surface area contributed by atoms with E-state index < -0.39 is 4.92 Å². The first-order valence-electron chi connectivity index (χ1n) is 10.5. The highest BCUT2D eigenvalue weighted by atomic mass is 35.5. The van der Waals surface area contributed by atoms with Crippen molar-refractivity contribution in [3.63, 3.8) is 0 Å². The summed E-state index contributed by atoms with van der Waals surface area (Å²) in [4.78, 5) is 40.3. The summed E-state index contributed by atoms with van der Waals surface area (Å²) in [7, 11) is 0. The monoisotopic (exact) mass is 486 g/mol. The molecule has 1 saturated heterocycles. The number of para-hydroxylation sites is 1. The van der Waals surface area contributed by atoms with Crippen LogP contribution in [0.25, 0.3) is 10.1 Å². The minimum absolute atomic E-state index is 0.0350. The molecule has 0 unspecified atom stereocenters. The Balaban J connectivity index is 1.38. The molecule has 0 aliphatic carbocycles. The number of nitro benzene ring substituents is 1. The fraction of sp³-hybridized carbons (Fsp3) is 0.304. The van der Waals surface area contributed by atoms with Crippen LogP contribution in [0.15, 0.2) is 36.4 Å². The summed E-state index contributed by atoms with van der Waals surface area (Å²) >= 11 is 7.60. The molecule has 1 N–H and O–H groups in total. The molecule has 8 nitrogen and oxygen atoms in total. The standard InChI is InChI=1S/C23H23ClN4O4S/c1-14-4-3-5-15(2)21(14)25-19(29)13-26-8-10-27(11-9-26)23(30)22-20(24)17-7-6-16(28(31)32)12-18(17)33-22/h3-7,12H,8-11,13H2,1-2H3,(H,25,29). The predicted molar refractivity (Wildman–Crippen MR) is 130 cm³/mol. The van der Waals surface area contributed by atoms with E-state index in [4.69, 9.17) is 11.6 Å². The van der Waals surface area contributed by atoms with Gasteiger partial charge in [-0.3, -0.25) is 24.6 Å². The molecular weight excluding hydrogens is 464 g/mol. The van der Waals surface area contributed by atoms with Crippen LogP contribution in [0.1, 0.15) is 20.8 Å². The molecule has 4 rings (SSSR count). The van der Waals surface area contributed by atoms with E-state index in [1.54, 1.807) is 11.0 Å². The van der Waals surface area contributed by atoms with Crippen LogP contribution in [0.5, 0.6) is 0 Å². The maximum Gasteiger partial charge on any atom is 0.270 e. The van der Waals surface area contributed by atoms with E-state index >= 15 is 0 Å². The van der Waals surface area contributed by atoms with Crippen molar-refractivity contribution in [1.29, 1.82) is 0 Å². The van der Waals surface area contributed by atoms with E-state index in [0.717, 1.165) is 16.8 Å². The van der Waals surface area contributed by atoms with Crippen molar-refractivity contribution < 1.29 is 14.5 Å². The van der Waals surface area contributed by atoms with E-state index in [2.05, 4.69) is 5.32 Å². The predicted octanol–water partition coefficient (Wildman–Crippen LogP) is 4.48. The second kappa shape index (κ2) is 9.46. The number of aryl methyl sites for hydroxylation is 2. The highest BCUT2D eigenvalue weighted by Gasteiger charge is 2.27. The minimum Gasteiger partial charge on any atom is -0.335 e. The van der Waals surface area contributed by atoms with Gasteiger partial charge in [0.1, 0.15) is 4.88 Å². The number of benzene rings is 2. The molecule has 10 heteroatoms. The van der Waals surface area contributed by atoms with Gasteiger partial charge in [-0.05, 0) is 31.0 Å². The van der Waals surface area contributed by atoms with Crippen molar-refractivity contribution in [3.05, 3.63) is 67.5 Å². The lowest BCUT2D eigenvalue weighted by Gasteiger charge is -2.34. The number of anilines is 1. The summed E-state index contributed by atoms with van der Waals surface area (Å²) < 4.78 is 0.611. The maximum absolute atomic E-state index is 13.1. The lowest BCUT2D eigenvalue weighted by Crippen LogP contribution is -2.50. The third-order valence-corrected chi connectivity index (χ3v) is 7.44. The van der Waals surface area contributed by atoms with E-state index in [-0.39, 0.29) is 24.0 Å². The summed E-state index contributed by atoms with van der Waals surface area (Å²) in [5.74, 6) is -0.273. The Bertz CT molecular complexity index is 1230. The summed E-state index contributed by atoms with van der Waals surface area (Å²) in [6.45, 7) is 6.26. The molecule has 1 aliphatic heterocycles. The summed E-state index contributed by atoms with van der Waals surface area (Å²) in [6.07, 6.45) is 0. The Morgan fingerprint density at radius 2 is 1.79 bits per heavy atom. The number of carbonyl (C=O) groups is 2. The van der Waals surface area contributed by atoms with E-state index in [9.17, 15) is 19.7 Å². The molecule has 2 amide bonds. The van der Waals surface area contributed by atoms with Gasteiger partial charge >= 0.3 is 0 Å². The normalized spacial score (nSPS) is 14.5. The first-order chi connectivity index (χ1) is 15.7. The highest BCUT2D eigenvalue weighted by Crippen LogP contribution is 2.38. The molecule has 2 aromatic carbocycles. The number of hydrogen-bond acceptors (Lipinski definition) is 6. The number of halogens is 1. The molecule has 0 saturated carbocycles. The Labute approximate surface area is 199 Å². The fourth-order valence-electron chi connectivity index (χ4n) is 3.95. The van der Waals surface area contributed by atoms with Crippen molar-refractivity contribution in [1.82, 2.24) is 9.80 Å². The highest BCUT2D eigenvalue weighted by molar-refractivity contribution is 7.21. The Kier molecular flexibility index (Phi) is 6.64. The fourth-order valence-corrected chi connectivity index (χ4v) is 5.46. The zero-order valence-corrected chi connectivity index (χ0v) is 19.8. The van der Waals surface area contributed by atoms with Crippen LogP contribution in [0.4, 0.5) is 11.4 Å². The molecule has 1 fully saturated rings. The number of thiophene rings is 1. The number of carbonyl (C=O) groups excluding carboxylic acids is 2. The molecule has 1 aliphatic rings. The summed E-state index contributed by atoms with van der Waals surface area (Å²) in [6, 6.07) is 10.3. The van der Waals surface area contributed by atoms with Crippen LogP contribution in [-0.2, 0) is 4.79 Å². The first-order valence-corrected chi connectivity index (χ1v) is 11.7. The molecule has 172 valence electrons.